The first kappa shape index (κ1) is 17.2. The van der Waals surface area contributed by atoms with Crippen LogP contribution in [0.15, 0.2) is 30.5 Å². The quantitative estimate of drug-likeness (QED) is 0.748. The van der Waals surface area contributed by atoms with E-state index >= 15 is 0 Å². The lowest BCUT2D eigenvalue weighted by Crippen LogP contribution is -2.33. The van der Waals surface area contributed by atoms with E-state index in [1.54, 1.807) is 10.9 Å². The van der Waals surface area contributed by atoms with Crippen LogP contribution in [-0.4, -0.2) is 38.9 Å². The Morgan fingerprint density at radius 1 is 1.09 bits per heavy atom. The van der Waals surface area contributed by atoms with Gasteiger partial charge in [-0.3, -0.25) is 4.79 Å². The first-order valence-electron chi connectivity index (χ1n) is 8.44. The van der Waals surface area contributed by atoms with Gasteiger partial charge in [-0.05, 0) is 31.9 Å². The summed E-state index contributed by atoms with van der Waals surface area (Å²) in [4.78, 5) is 14.6. The average Bonchev–Trinajstić information content (AvgIpc) is 3.05. The summed E-state index contributed by atoms with van der Waals surface area (Å²) in [7, 11) is 0. The molecule has 0 spiro atoms. The van der Waals surface area contributed by atoms with E-state index in [0.29, 0.717) is 5.69 Å². The minimum absolute atomic E-state index is 0.0229. The number of aromatic nitrogens is 3. The summed E-state index contributed by atoms with van der Waals surface area (Å²) < 4.78 is 1.66. The molecule has 0 radical (unpaired) electrons. The topological polar surface area (TPSA) is 51.0 Å². The van der Waals surface area contributed by atoms with Crippen molar-refractivity contribution in [2.45, 2.75) is 46.5 Å². The van der Waals surface area contributed by atoms with E-state index in [1.807, 2.05) is 36.1 Å². The Kier molecular flexibility index (Phi) is 6.32. The molecule has 0 N–H and O–H groups in total. The van der Waals surface area contributed by atoms with Crippen molar-refractivity contribution in [1.82, 2.24) is 19.9 Å². The zero-order valence-corrected chi connectivity index (χ0v) is 14.3. The standard InChI is InChI=1S/C18H26N4O/c1-4-6-12-21(13-7-5-2)18(23)17-14-22(20-19-17)16-10-8-15(3)9-11-16/h8-11,14H,4-7,12-13H2,1-3H3. The number of hydrogen-bond donors (Lipinski definition) is 0. The number of aryl methyl sites for hydroxylation is 1. The van der Waals surface area contributed by atoms with Crippen molar-refractivity contribution in [1.29, 1.82) is 0 Å². The summed E-state index contributed by atoms with van der Waals surface area (Å²) in [6.07, 6.45) is 5.90. The molecule has 2 rings (SSSR count). The monoisotopic (exact) mass is 314 g/mol. The predicted molar refractivity (Wildman–Crippen MR) is 91.8 cm³/mol. The highest BCUT2D eigenvalue weighted by molar-refractivity contribution is 5.92. The fourth-order valence-corrected chi connectivity index (χ4v) is 2.36. The lowest BCUT2D eigenvalue weighted by atomic mass is 10.2. The second-order valence-corrected chi connectivity index (χ2v) is 5.88. The van der Waals surface area contributed by atoms with Crippen LogP contribution >= 0.6 is 0 Å². The highest BCUT2D eigenvalue weighted by Crippen LogP contribution is 2.10. The lowest BCUT2D eigenvalue weighted by molar-refractivity contribution is 0.0745. The number of hydrogen-bond acceptors (Lipinski definition) is 3. The average molecular weight is 314 g/mol. The van der Waals surface area contributed by atoms with Gasteiger partial charge in [-0.15, -0.1) is 5.10 Å². The molecule has 0 aliphatic heterocycles. The largest absolute Gasteiger partial charge is 0.337 e. The number of benzene rings is 1. The van der Waals surface area contributed by atoms with Crippen molar-refractivity contribution in [2.24, 2.45) is 0 Å². The molecule has 2 aromatic rings. The number of nitrogens with zero attached hydrogens (tertiary/aromatic N) is 4. The van der Waals surface area contributed by atoms with Gasteiger partial charge in [-0.2, -0.15) is 0 Å². The number of unbranched alkanes of at least 4 members (excludes halogenated alkanes) is 2. The second kappa shape index (κ2) is 8.46. The van der Waals surface area contributed by atoms with Gasteiger partial charge in [0.05, 0.1) is 11.9 Å². The van der Waals surface area contributed by atoms with Gasteiger partial charge in [-0.1, -0.05) is 49.6 Å². The van der Waals surface area contributed by atoms with Crippen molar-refractivity contribution in [3.63, 3.8) is 0 Å². The molecule has 1 aromatic heterocycles. The molecule has 1 heterocycles. The van der Waals surface area contributed by atoms with Crippen LogP contribution in [-0.2, 0) is 0 Å². The SMILES string of the molecule is CCCCN(CCCC)C(=O)c1cn(-c2ccc(C)cc2)nn1. The molecule has 0 aliphatic carbocycles. The van der Waals surface area contributed by atoms with E-state index in [4.69, 9.17) is 0 Å². The van der Waals surface area contributed by atoms with E-state index in [2.05, 4.69) is 24.2 Å². The van der Waals surface area contributed by atoms with Gasteiger partial charge in [0.25, 0.3) is 5.91 Å². The Hall–Kier alpha value is -2.17. The maximum Gasteiger partial charge on any atom is 0.276 e. The second-order valence-electron chi connectivity index (χ2n) is 5.88. The Morgan fingerprint density at radius 2 is 1.70 bits per heavy atom. The normalized spacial score (nSPS) is 10.7. The van der Waals surface area contributed by atoms with Crippen molar-refractivity contribution in [3.8, 4) is 5.69 Å². The smallest absolute Gasteiger partial charge is 0.276 e. The van der Waals surface area contributed by atoms with Gasteiger partial charge >= 0.3 is 0 Å². The van der Waals surface area contributed by atoms with E-state index in [1.165, 1.54) is 5.56 Å². The molecule has 0 aliphatic rings. The fraction of sp³-hybridized carbons (Fsp3) is 0.500. The molecule has 0 saturated heterocycles. The van der Waals surface area contributed by atoms with Crippen LogP contribution in [0.2, 0.25) is 0 Å². The Balaban J connectivity index is 2.12. The zero-order chi connectivity index (χ0) is 16.7. The van der Waals surface area contributed by atoms with Crippen molar-refractivity contribution >= 4 is 5.91 Å². The molecular weight excluding hydrogens is 288 g/mol. The third-order valence-corrected chi connectivity index (χ3v) is 3.86. The minimum atomic E-state index is -0.0229. The highest BCUT2D eigenvalue weighted by atomic mass is 16.2. The number of carbonyl (C=O) groups is 1. The van der Waals surface area contributed by atoms with Gasteiger partial charge in [0, 0.05) is 13.1 Å². The van der Waals surface area contributed by atoms with Gasteiger partial charge in [0.2, 0.25) is 0 Å². The number of rotatable bonds is 8. The van der Waals surface area contributed by atoms with Crippen LogP contribution in [0.5, 0.6) is 0 Å². The third-order valence-electron chi connectivity index (χ3n) is 3.86. The summed E-state index contributed by atoms with van der Waals surface area (Å²) in [6.45, 7) is 7.88. The lowest BCUT2D eigenvalue weighted by Gasteiger charge is -2.21. The summed E-state index contributed by atoms with van der Waals surface area (Å²) in [6, 6.07) is 8.00. The molecule has 0 bridgehead atoms. The molecule has 23 heavy (non-hydrogen) atoms. The molecule has 0 fully saturated rings. The van der Waals surface area contributed by atoms with E-state index in [9.17, 15) is 4.79 Å². The highest BCUT2D eigenvalue weighted by Gasteiger charge is 2.18. The molecule has 5 nitrogen and oxygen atoms in total. The predicted octanol–water partition coefficient (Wildman–Crippen LogP) is 3.62. The molecule has 0 atom stereocenters. The summed E-state index contributed by atoms with van der Waals surface area (Å²) in [5.74, 6) is -0.0229. The van der Waals surface area contributed by atoms with Gasteiger partial charge in [0.15, 0.2) is 5.69 Å². The van der Waals surface area contributed by atoms with Crippen LogP contribution in [0.1, 0.15) is 55.6 Å². The van der Waals surface area contributed by atoms with Crippen molar-refractivity contribution < 1.29 is 4.79 Å². The number of amides is 1. The summed E-state index contributed by atoms with van der Waals surface area (Å²) >= 11 is 0. The third kappa shape index (κ3) is 4.65. The first-order chi connectivity index (χ1) is 11.2. The summed E-state index contributed by atoms with van der Waals surface area (Å²) in [5.41, 5.74) is 2.52. The Labute approximate surface area is 138 Å². The summed E-state index contributed by atoms with van der Waals surface area (Å²) in [5, 5.41) is 8.17. The zero-order valence-electron chi connectivity index (χ0n) is 14.3. The maximum absolute atomic E-state index is 12.7. The minimum Gasteiger partial charge on any atom is -0.337 e. The molecule has 0 saturated carbocycles. The Bertz CT molecular complexity index is 610. The Morgan fingerprint density at radius 3 is 2.26 bits per heavy atom. The van der Waals surface area contributed by atoms with Crippen LogP contribution in [0, 0.1) is 6.92 Å². The van der Waals surface area contributed by atoms with Crippen LogP contribution in [0.4, 0.5) is 0 Å². The molecular formula is C18H26N4O. The number of carbonyl (C=O) groups excluding carboxylic acids is 1. The van der Waals surface area contributed by atoms with Gasteiger partial charge in [-0.25, -0.2) is 4.68 Å². The van der Waals surface area contributed by atoms with Crippen LogP contribution in [0.25, 0.3) is 5.69 Å². The fourth-order valence-electron chi connectivity index (χ4n) is 2.36. The maximum atomic E-state index is 12.7. The van der Waals surface area contributed by atoms with E-state index < -0.39 is 0 Å². The molecule has 0 unspecified atom stereocenters. The molecule has 1 aromatic carbocycles. The molecule has 5 heteroatoms. The van der Waals surface area contributed by atoms with E-state index in [-0.39, 0.29) is 5.91 Å². The van der Waals surface area contributed by atoms with Gasteiger partial charge < -0.3 is 4.90 Å². The van der Waals surface area contributed by atoms with Crippen molar-refractivity contribution in [3.05, 3.63) is 41.7 Å². The van der Waals surface area contributed by atoms with E-state index in [0.717, 1.165) is 44.5 Å². The molecule has 1 amide bonds. The van der Waals surface area contributed by atoms with Crippen LogP contribution in [0.3, 0.4) is 0 Å². The molecule has 124 valence electrons. The van der Waals surface area contributed by atoms with Gasteiger partial charge in [0.1, 0.15) is 0 Å². The van der Waals surface area contributed by atoms with Crippen LogP contribution < -0.4 is 0 Å². The van der Waals surface area contributed by atoms with Crippen molar-refractivity contribution in [2.75, 3.05) is 13.1 Å². The first-order valence-corrected chi connectivity index (χ1v) is 8.44.